The summed E-state index contributed by atoms with van der Waals surface area (Å²) >= 11 is 0. The Morgan fingerprint density at radius 3 is 2.63 bits per heavy atom. The minimum Gasteiger partial charge on any atom is -0.453 e. The second-order valence-electron chi connectivity index (χ2n) is 4.52. The van der Waals surface area contributed by atoms with Crippen LogP contribution in [0, 0.1) is 0 Å². The zero-order valence-electron chi connectivity index (χ0n) is 11.0. The summed E-state index contributed by atoms with van der Waals surface area (Å²) in [4.78, 5) is 24.8. The molecule has 0 saturated carbocycles. The van der Waals surface area contributed by atoms with Crippen molar-refractivity contribution in [2.24, 2.45) is 0 Å². The van der Waals surface area contributed by atoms with Gasteiger partial charge < -0.3 is 9.64 Å². The Kier molecular flexibility index (Phi) is 4.39. The molecular formula is C14H18N2O3. The molecule has 5 heteroatoms. The molecule has 19 heavy (non-hydrogen) atoms. The molecule has 1 N–H and O–H groups in total. The summed E-state index contributed by atoms with van der Waals surface area (Å²) in [5.41, 5.74) is 1.53. The zero-order valence-corrected chi connectivity index (χ0v) is 11.0. The summed E-state index contributed by atoms with van der Waals surface area (Å²) in [6.45, 7) is 0.766. The lowest BCUT2D eigenvalue weighted by Crippen LogP contribution is -2.29. The molecule has 2 rings (SSSR count). The average Bonchev–Trinajstić information content (AvgIpc) is 2.64. The Morgan fingerprint density at radius 2 is 1.95 bits per heavy atom. The van der Waals surface area contributed by atoms with Crippen molar-refractivity contribution in [3.63, 3.8) is 0 Å². The molecule has 0 bridgehead atoms. The molecule has 0 atom stereocenters. The van der Waals surface area contributed by atoms with Crippen molar-refractivity contribution in [2.75, 3.05) is 23.9 Å². The number of anilines is 2. The van der Waals surface area contributed by atoms with Gasteiger partial charge in [-0.15, -0.1) is 0 Å². The molecule has 0 radical (unpaired) electrons. The maximum atomic E-state index is 12.0. The van der Waals surface area contributed by atoms with Gasteiger partial charge in [0.25, 0.3) is 0 Å². The van der Waals surface area contributed by atoms with Crippen LogP contribution in [-0.4, -0.2) is 25.7 Å². The highest BCUT2D eigenvalue weighted by atomic mass is 16.5. The Bertz CT molecular complexity index is 456. The van der Waals surface area contributed by atoms with Gasteiger partial charge in [-0.05, 0) is 37.1 Å². The van der Waals surface area contributed by atoms with E-state index in [0.717, 1.165) is 31.5 Å². The van der Waals surface area contributed by atoms with Gasteiger partial charge in [-0.25, -0.2) is 4.79 Å². The van der Waals surface area contributed by atoms with Gasteiger partial charge in [-0.2, -0.15) is 0 Å². The Balaban J connectivity index is 2.08. The normalized spacial score (nSPS) is 15.8. The van der Waals surface area contributed by atoms with Crippen molar-refractivity contribution in [3.05, 3.63) is 24.3 Å². The maximum absolute atomic E-state index is 12.0. The zero-order chi connectivity index (χ0) is 13.7. The molecule has 1 aliphatic rings. The lowest BCUT2D eigenvalue weighted by atomic mass is 10.2. The molecule has 0 aromatic heterocycles. The Morgan fingerprint density at radius 1 is 1.21 bits per heavy atom. The van der Waals surface area contributed by atoms with Crippen LogP contribution in [0.5, 0.6) is 0 Å². The molecule has 1 saturated heterocycles. The van der Waals surface area contributed by atoms with Gasteiger partial charge in [-0.3, -0.25) is 10.1 Å². The fourth-order valence-electron chi connectivity index (χ4n) is 2.15. The molecule has 1 aliphatic heterocycles. The third-order valence-electron chi connectivity index (χ3n) is 3.18. The Labute approximate surface area is 112 Å². The predicted octanol–water partition coefficient (Wildman–Crippen LogP) is 2.77. The van der Waals surface area contributed by atoms with Crippen molar-refractivity contribution >= 4 is 23.4 Å². The molecule has 5 nitrogen and oxygen atoms in total. The largest absolute Gasteiger partial charge is 0.453 e. The first-order chi connectivity index (χ1) is 9.20. The van der Waals surface area contributed by atoms with E-state index in [1.165, 1.54) is 7.11 Å². The lowest BCUT2D eigenvalue weighted by molar-refractivity contribution is -0.118. The second kappa shape index (κ2) is 6.22. The van der Waals surface area contributed by atoms with Crippen LogP contribution in [0.2, 0.25) is 0 Å². The van der Waals surface area contributed by atoms with Crippen molar-refractivity contribution in [1.82, 2.24) is 0 Å². The highest BCUT2D eigenvalue weighted by Crippen LogP contribution is 2.22. The number of nitrogens with one attached hydrogen (secondary N) is 1. The molecule has 1 fully saturated rings. The molecule has 1 aromatic carbocycles. The topological polar surface area (TPSA) is 58.6 Å². The van der Waals surface area contributed by atoms with Crippen molar-refractivity contribution in [1.29, 1.82) is 0 Å². The maximum Gasteiger partial charge on any atom is 0.411 e. The van der Waals surface area contributed by atoms with Crippen LogP contribution >= 0.6 is 0 Å². The van der Waals surface area contributed by atoms with E-state index < -0.39 is 6.09 Å². The van der Waals surface area contributed by atoms with E-state index in [0.29, 0.717) is 12.1 Å². The van der Waals surface area contributed by atoms with Crippen LogP contribution in [0.4, 0.5) is 16.2 Å². The van der Waals surface area contributed by atoms with Crippen LogP contribution in [0.15, 0.2) is 24.3 Å². The number of hydrogen-bond donors (Lipinski definition) is 1. The van der Waals surface area contributed by atoms with E-state index in [-0.39, 0.29) is 5.91 Å². The average molecular weight is 262 g/mol. The van der Waals surface area contributed by atoms with E-state index >= 15 is 0 Å². The van der Waals surface area contributed by atoms with Crippen LogP contribution in [0.1, 0.15) is 25.7 Å². The van der Waals surface area contributed by atoms with E-state index in [4.69, 9.17) is 0 Å². The second-order valence-corrected chi connectivity index (χ2v) is 4.52. The van der Waals surface area contributed by atoms with Crippen molar-refractivity contribution in [2.45, 2.75) is 25.7 Å². The number of ether oxygens (including phenoxy) is 1. The van der Waals surface area contributed by atoms with E-state index in [1.807, 2.05) is 17.0 Å². The van der Waals surface area contributed by atoms with Crippen LogP contribution < -0.4 is 10.2 Å². The summed E-state index contributed by atoms with van der Waals surface area (Å²) < 4.78 is 4.52. The van der Waals surface area contributed by atoms with E-state index in [9.17, 15) is 9.59 Å². The number of carbonyl (C=O) groups excluding carboxylic acids is 2. The van der Waals surface area contributed by atoms with Gasteiger partial charge in [0.05, 0.1) is 7.11 Å². The van der Waals surface area contributed by atoms with Gasteiger partial charge in [0.1, 0.15) is 0 Å². The van der Waals surface area contributed by atoms with E-state index in [2.05, 4.69) is 10.1 Å². The third kappa shape index (κ3) is 3.47. The number of rotatable bonds is 2. The summed E-state index contributed by atoms with van der Waals surface area (Å²) in [6.07, 6.45) is 3.22. The van der Waals surface area contributed by atoms with Crippen LogP contribution in [0.25, 0.3) is 0 Å². The molecule has 0 aliphatic carbocycles. The fourth-order valence-corrected chi connectivity index (χ4v) is 2.15. The Hall–Kier alpha value is -2.04. The summed E-state index contributed by atoms with van der Waals surface area (Å²) in [5, 5.41) is 2.58. The molecular weight excluding hydrogens is 244 g/mol. The first-order valence-corrected chi connectivity index (χ1v) is 6.46. The lowest BCUT2D eigenvalue weighted by Gasteiger charge is -2.20. The highest BCUT2D eigenvalue weighted by Gasteiger charge is 2.17. The minimum atomic E-state index is -0.501. The SMILES string of the molecule is COC(=O)Nc1ccc(N2CCCCCC2=O)cc1. The van der Waals surface area contributed by atoms with Gasteiger partial charge in [0, 0.05) is 24.3 Å². The van der Waals surface area contributed by atoms with Crippen molar-refractivity contribution < 1.29 is 14.3 Å². The molecule has 1 aromatic rings. The summed E-state index contributed by atoms with van der Waals surface area (Å²) in [5.74, 6) is 0.172. The minimum absolute atomic E-state index is 0.172. The number of nitrogens with zero attached hydrogens (tertiary/aromatic N) is 1. The molecule has 0 unspecified atom stereocenters. The predicted molar refractivity (Wildman–Crippen MR) is 73.3 cm³/mol. The number of carbonyl (C=O) groups is 2. The standard InChI is InChI=1S/C14H18N2O3/c1-19-14(18)15-11-6-8-12(9-7-11)16-10-4-2-3-5-13(16)17/h6-9H,2-5,10H2,1H3,(H,15,18). The summed E-state index contributed by atoms with van der Waals surface area (Å²) in [6, 6.07) is 7.22. The molecule has 1 heterocycles. The highest BCUT2D eigenvalue weighted by molar-refractivity contribution is 5.94. The first-order valence-electron chi connectivity index (χ1n) is 6.46. The third-order valence-corrected chi connectivity index (χ3v) is 3.18. The molecule has 102 valence electrons. The first kappa shape index (κ1) is 13.4. The number of hydrogen-bond acceptors (Lipinski definition) is 3. The molecule has 0 spiro atoms. The number of benzene rings is 1. The van der Waals surface area contributed by atoms with Crippen molar-refractivity contribution in [3.8, 4) is 0 Å². The van der Waals surface area contributed by atoms with Crippen LogP contribution in [0.3, 0.4) is 0 Å². The van der Waals surface area contributed by atoms with Crippen LogP contribution in [-0.2, 0) is 9.53 Å². The number of amides is 2. The van der Waals surface area contributed by atoms with Gasteiger partial charge in [-0.1, -0.05) is 6.42 Å². The quantitative estimate of drug-likeness (QED) is 0.891. The number of methoxy groups -OCH3 is 1. The smallest absolute Gasteiger partial charge is 0.411 e. The summed E-state index contributed by atoms with van der Waals surface area (Å²) in [7, 11) is 1.32. The molecule has 2 amide bonds. The monoisotopic (exact) mass is 262 g/mol. The van der Waals surface area contributed by atoms with E-state index in [1.54, 1.807) is 12.1 Å². The van der Waals surface area contributed by atoms with Gasteiger partial charge >= 0.3 is 6.09 Å². The van der Waals surface area contributed by atoms with Gasteiger partial charge in [0.15, 0.2) is 0 Å². The van der Waals surface area contributed by atoms with Gasteiger partial charge in [0.2, 0.25) is 5.91 Å². The fraction of sp³-hybridized carbons (Fsp3) is 0.429.